The van der Waals surface area contributed by atoms with Gasteiger partial charge in [0.05, 0.1) is 22.6 Å². The Labute approximate surface area is 220 Å². The van der Waals surface area contributed by atoms with Gasteiger partial charge in [-0.05, 0) is 68.2 Å². The number of amides is 1. The second-order valence-corrected chi connectivity index (χ2v) is 11.0. The van der Waals surface area contributed by atoms with Crippen LogP contribution >= 0.6 is 11.3 Å². The quantitative estimate of drug-likeness (QED) is 0.364. The summed E-state index contributed by atoms with van der Waals surface area (Å²) in [7, 11) is 1.78. The first-order valence-electron chi connectivity index (χ1n) is 12.8. The predicted octanol–water partition coefficient (Wildman–Crippen LogP) is 5.56. The fraction of sp³-hybridized carbons (Fsp3) is 0.345. The Kier molecular flexibility index (Phi) is 6.30. The number of piperidine rings is 1. The van der Waals surface area contributed by atoms with Crippen LogP contribution in [0.4, 0.5) is 11.5 Å². The summed E-state index contributed by atoms with van der Waals surface area (Å²) in [4.78, 5) is 25.7. The van der Waals surface area contributed by atoms with Crippen molar-refractivity contribution in [2.75, 3.05) is 43.6 Å². The number of methoxy groups -OCH3 is 1. The first-order valence-corrected chi connectivity index (χ1v) is 13.7. The third-order valence-electron chi connectivity index (χ3n) is 7.37. The Balaban J connectivity index is 1.38. The van der Waals surface area contributed by atoms with Crippen LogP contribution in [0.15, 0.2) is 43.0 Å². The summed E-state index contributed by atoms with van der Waals surface area (Å²) in [5.74, 6) is 1.56. The number of pyridine rings is 2. The molecule has 1 atom stereocenters. The van der Waals surface area contributed by atoms with E-state index in [0.29, 0.717) is 12.5 Å². The number of rotatable bonds is 5. The van der Waals surface area contributed by atoms with Gasteiger partial charge in [0.15, 0.2) is 0 Å². The monoisotopic (exact) mass is 513 g/mol. The molecule has 0 bridgehead atoms. The number of ether oxygens (including phenoxy) is 1. The second kappa shape index (κ2) is 9.76. The molecule has 1 fully saturated rings. The lowest BCUT2D eigenvalue weighted by molar-refractivity contribution is 0.0949. The summed E-state index contributed by atoms with van der Waals surface area (Å²) in [5, 5.41) is 8.68. The van der Waals surface area contributed by atoms with Gasteiger partial charge in [-0.15, -0.1) is 11.3 Å². The maximum atomic E-state index is 12.8. The van der Waals surface area contributed by atoms with Gasteiger partial charge in [-0.1, -0.05) is 6.58 Å². The normalized spacial score (nSPS) is 18.4. The molecule has 2 aliphatic heterocycles. The number of hydrogen-bond acceptors (Lipinski definition) is 7. The molecule has 0 spiro atoms. The Hall–Kier alpha value is -3.49. The Morgan fingerprint density at radius 1 is 1.19 bits per heavy atom. The molecule has 1 aromatic carbocycles. The first-order chi connectivity index (χ1) is 18.0. The lowest BCUT2D eigenvalue weighted by atomic mass is 9.97. The van der Waals surface area contributed by atoms with E-state index in [9.17, 15) is 4.79 Å². The van der Waals surface area contributed by atoms with Crippen molar-refractivity contribution in [3.05, 3.63) is 53.5 Å². The van der Waals surface area contributed by atoms with Gasteiger partial charge in [-0.2, -0.15) is 0 Å². The molecule has 0 unspecified atom stereocenters. The molecule has 0 radical (unpaired) electrons. The zero-order valence-electron chi connectivity index (χ0n) is 21.2. The lowest BCUT2D eigenvalue weighted by Gasteiger charge is -2.32. The summed E-state index contributed by atoms with van der Waals surface area (Å²) in [6.07, 6.45) is 4.00. The lowest BCUT2D eigenvalue weighted by Crippen LogP contribution is -2.35. The average Bonchev–Trinajstić information content (AvgIpc) is 3.24. The molecule has 1 saturated heterocycles. The number of benzene rings is 1. The predicted molar refractivity (Wildman–Crippen MR) is 153 cm³/mol. The van der Waals surface area contributed by atoms with Gasteiger partial charge in [0.2, 0.25) is 0 Å². The highest BCUT2D eigenvalue weighted by molar-refractivity contribution is 7.21. The van der Waals surface area contributed by atoms with Crippen LogP contribution in [-0.4, -0.2) is 55.3 Å². The maximum absolute atomic E-state index is 12.8. The van der Waals surface area contributed by atoms with E-state index in [4.69, 9.17) is 14.7 Å². The highest BCUT2D eigenvalue weighted by Crippen LogP contribution is 2.41. The van der Waals surface area contributed by atoms with E-state index in [1.54, 1.807) is 13.2 Å². The molecule has 2 N–H and O–H groups in total. The molecule has 7 nitrogen and oxygen atoms in total. The summed E-state index contributed by atoms with van der Waals surface area (Å²) < 4.78 is 6.44. The van der Waals surface area contributed by atoms with Crippen LogP contribution in [0.1, 0.15) is 35.1 Å². The van der Waals surface area contributed by atoms with Gasteiger partial charge in [0.25, 0.3) is 5.91 Å². The van der Waals surface area contributed by atoms with Gasteiger partial charge in [-0.3, -0.25) is 4.79 Å². The molecular weight excluding hydrogens is 482 g/mol. The van der Waals surface area contributed by atoms with Gasteiger partial charge < -0.3 is 20.3 Å². The molecule has 37 heavy (non-hydrogen) atoms. The van der Waals surface area contributed by atoms with Crippen LogP contribution in [-0.2, 0) is 4.74 Å². The van der Waals surface area contributed by atoms with Crippen molar-refractivity contribution < 1.29 is 9.53 Å². The Morgan fingerprint density at radius 2 is 2.03 bits per heavy atom. The van der Waals surface area contributed by atoms with E-state index in [2.05, 4.69) is 52.4 Å². The topological polar surface area (TPSA) is 79.4 Å². The van der Waals surface area contributed by atoms with E-state index < -0.39 is 0 Å². The van der Waals surface area contributed by atoms with Crippen molar-refractivity contribution in [2.24, 2.45) is 5.92 Å². The Morgan fingerprint density at radius 3 is 2.81 bits per heavy atom. The van der Waals surface area contributed by atoms with Crippen molar-refractivity contribution >= 4 is 55.8 Å². The summed E-state index contributed by atoms with van der Waals surface area (Å²) in [5.41, 5.74) is 4.59. The molecule has 5 heterocycles. The molecule has 3 aromatic heterocycles. The van der Waals surface area contributed by atoms with E-state index >= 15 is 0 Å². The Bertz CT molecular complexity index is 1510. The van der Waals surface area contributed by atoms with Crippen molar-refractivity contribution in [3.8, 4) is 11.3 Å². The minimum Gasteiger partial charge on any atom is -0.384 e. The SMILES string of the molecule is C=Cc1cc(-c2ccc3c(ccc4sc5c(c43)NC[C@@H](C)NC5=O)n2)cc(N2CCC(COC)CC2)n1. The molecular formula is C29H31N5O2S. The van der Waals surface area contributed by atoms with Crippen LogP contribution < -0.4 is 15.5 Å². The van der Waals surface area contributed by atoms with Crippen molar-refractivity contribution in [3.63, 3.8) is 0 Å². The van der Waals surface area contributed by atoms with Crippen LogP contribution in [0.2, 0.25) is 0 Å². The molecule has 2 aliphatic rings. The van der Waals surface area contributed by atoms with Gasteiger partial charge in [-0.25, -0.2) is 9.97 Å². The highest BCUT2D eigenvalue weighted by atomic mass is 32.1. The standard InChI is InChI=1S/C29H31N5O2S/c1-4-20-13-19(14-25(32-20)34-11-9-18(10-12-34)16-36-3)22-6-5-21-23(33-22)7-8-24-26(21)27-28(37-24)29(35)31-17(2)15-30-27/h4-8,13-14,17-18,30H,1,9-12,15-16H2,2-3H3,(H,31,35)/t17-/m1/s1. The molecule has 190 valence electrons. The third-order valence-corrected chi connectivity index (χ3v) is 8.52. The van der Waals surface area contributed by atoms with Crippen LogP contribution in [0.3, 0.4) is 0 Å². The van der Waals surface area contributed by atoms with Crippen LogP contribution in [0.25, 0.3) is 38.3 Å². The fourth-order valence-electron chi connectivity index (χ4n) is 5.40. The van der Waals surface area contributed by atoms with Gasteiger partial charge >= 0.3 is 0 Å². The summed E-state index contributed by atoms with van der Waals surface area (Å²) in [6.45, 7) is 9.43. The largest absolute Gasteiger partial charge is 0.384 e. The van der Waals surface area contributed by atoms with Crippen LogP contribution in [0, 0.1) is 5.92 Å². The molecule has 1 amide bonds. The molecule has 0 aliphatic carbocycles. The van der Waals surface area contributed by atoms with Crippen molar-refractivity contribution in [1.82, 2.24) is 15.3 Å². The van der Waals surface area contributed by atoms with Gasteiger partial charge in [0.1, 0.15) is 10.7 Å². The number of thiophene rings is 1. The number of anilines is 2. The zero-order chi connectivity index (χ0) is 25.5. The van der Waals surface area contributed by atoms with E-state index in [1.165, 1.54) is 11.3 Å². The fourth-order valence-corrected chi connectivity index (χ4v) is 6.50. The second-order valence-electron chi connectivity index (χ2n) is 9.99. The molecule has 6 rings (SSSR count). The van der Waals surface area contributed by atoms with Crippen LogP contribution in [0.5, 0.6) is 0 Å². The number of fused-ring (bicyclic) bond motifs is 5. The minimum absolute atomic E-state index is 0.0149. The smallest absolute Gasteiger partial charge is 0.263 e. The van der Waals surface area contributed by atoms with E-state index in [1.807, 2.05) is 13.0 Å². The number of nitrogens with zero attached hydrogens (tertiary/aromatic N) is 3. The zero-order valence-corrected chi connectivity index (χ0v) is 22.0. The minimum atomic E-state index is -0.0149. The van der Waals surface area contributed by atoms with Crippen molar-refractivity contribution in [2.45, 2.75) is 25.8 Å². The number of carbonyl (C=O) groups is 1. The molecule has 0 saturated carbocycles. The van der Waals surface area contributed by atoms with Gasteiger partial charge in [0, 0.05) is 60.4 Å². The summed E-state index contributed by atoms with van der Waals surface area (Å²) >= 11 is 1.53. The average molecular weight is 514 g/mol. The molecule has 4 aromatic rings. The first kappa shape index (κ1) is 23.9. The number of nitrogens with one attached hydrogen (secondary N) is 2. The van der Waals surface area contributed by atoms with E-state index in [-0.39, 0.29) is 11.9 Å². The highest BCUT2D eigenvalue weighted by Gasteiger charge is 2.25. The third kappa shape index (κ3) is 4.45. The summed E-state index contributed by atoms with van der Waals surface area (Å²) in [6, 6.07) is 12.6. The van der Waals surface area contributed by atoms with E-state index in [0.717, 1.165) is 86.9 Å². The molecule has 8 heteroatoms. The number of aromatic nitrogens is 2. The van der Waals surface area contributed by atoms with Crippen molar-refractivity contribution in [1.29, 1.82) is 0 Å². The number of hydrogen-bond donors (Lipinski definition) is 2. The maximum Gasteiger partial charge on any atom is 0.263 e. The number of carbonyl (C=O) groups excluding carboxylic acids is 1.